The van der Waals surface area contributed by atoms with Gasteiger partial charge >= 0.3 is 0 Å². The molecule has 0 aromatic heterocycles. The molecule has 2 aromatic rings. The lowest BCUT2D eigenvalue weighted by atomic mass is 10.1. The smallest absolute Gasteiger partial charge is 0.165 e. The quantitative estimate of drug-likeness (QED) is 0.878. The number of methoxy groups -OCH3 is 1. The Bertz CT molecular complexity index is 581. The maximum Gasteiger partial charge on any atom is 0.165 e. The molecule has 0 spiro atoms. The minimum atomic E-state index is -0.449. The first-order chi connectivity index (χ1) is 10.1. The molecule has 0 aliphatic carbocycles. The third kappa shape index (κ3) is 3.95. The van der Waals surface area contributed by atoms with Gasteiger partial charge in [0, 0.05) is 0 Å². The predicted molar refractivity (Wildman–Crippen MR) is 79.0 cm³/mol. The summed E-state index contributed by atoms with van der Waals surface area (Å²) >= 11 is 0. The van der Waals surface area contributed by atoms with Crippen molar-refractivity contribution in [2.75, 3.05) is 7.11 Å². The number of benzene rings is 2. The number of halogens is 1. The number of rotatable bonds is 6. The molecule has 0 fully saturated rings. The molecule has 0 bridgehead atoms. The summed E-state index contributed by atoms with van der Waals surface area (Å²) in [6, 6.07) is 12.0. The molecule has 3 nitrogen and oxygen atoms in total. The summed E-state index contributed by atoms with van der Waals surface area (Å²) < 4.78 is 24.0. The van der Waals surface area contributed by atoms with E-state index in [9.17, 15) is 9.50 Å². The summed E-state index contributed by atoms with van der Waals surface area (Å²) in [6.45, 7) is 2.20. The molecule has 0 aliphatic heterocycles. The first-order valence-corrected chi connectivity index (χ1v) is 6.87. The first kappa shape index (κ1) is 15.3. The van der Waals surface area contributed by atoms with Gasteiger partial charge in [0.25, 0.3) is 0 Å². The van der Waals surface area contributed by atoms with E-state index in [1.54, 1.807) is 24.3 Å². The van der Waals surface area contributed by atoms with Crippen molar-refractivity contribution in [3.63, 3.8) is 0 Å². The molecular weight excluding hydrogens is 271 g/mol. The van der Waals surface area contributed by atoms with Crippen LogP contribution in [-0.2, 0) is 6.61 Å². The van der Waals surface area contributed by atoms with Crippen LogP contribution in [0.5, 0.6) is 11.5 Å². The van der Waals surface area contributed by atoms with E-state index in [-0.39, 0.29) is 12.4 Å². The summed E-state index contributed by atoms with van der Waals surface area (Å²) in [7, 11) is 1.43. The van der Waals surface area contributed by atoms with Gasteiger partial charge in [-0.3, -0.25) is 0 Å². The Kier molecular flexibility index (Phi) is 5.17. The average molecular weight is 290 g/mol. The Morgan fingerprint density at radius 3 is 2.43 bits per heavy atom. The maximum atomic E-state index is 13.5. The molecule has 0 heterocycles. The van der Waals surface area contributed by atoms with Crippen LogP contribution in [-0.4, -0.2) is 12.2 Å². The van der Waals surface area contributed by atoms with Crippen molar-refractivity contribution in [2.24, 2.45) is 0 Å². The Hall–Kier alpha value is -2.07. The molecule has 2 aromatic carbocycles. The molecule has 2 rings (SSSR count). The van der Waals surface area contributed by atoms with Crippen LogP contribution in [0.3, 0.4) is 0 Å². The average Bonchev–Trinajstić information content (AvgIpc) is 2.52. The second kappa shape index (κ2) is 7.09. The Morgan fingerprint density at radius 2 is 1.86 bits per heavy atom. The number of aliphatic hydroxyl groups is 1. The van der Waals surface area contributed by atoms with E-state index in [1.165, 1.54) is 13.2 Å². The van der Waals surface area contributed by atoms with Crippen LogP contribution in [0, 0.1) is 5.82 Å². The molecule has 0 radical (unpaired) electrons. The van der Waals surface area contributed by atoms with Crippen LogP contribution >= 0.6 is 0 Å². The molecule has 0 amide bonds. The molecule has 0 unspecified atom stereocenters. The van der Waals surface area contributed by atoms with Gasteiger partial charge in [-0.2, -0.15) is 0 Å². The number of ether oxygens (including phenoxy) is 2. The van der Waals surface area contributed by atoms with E-state index in [1.807, 2.05) is 19.1 Å². The summed E-state index contributed by atoms with van der Waals surface area (Å²) in [4.78, 5) is 0. The molecule has 1 N–H and O–H groups in total. The van der Waals surface area contributed by atoms with Crippen molar-refractivity contribution in [3.05, 3.63) is 59.4 Å². The van der Waals surface area contributed by atoms with Crippen LogP contribution < -0.4 is 9.47 Å². The van der Waals surface area contributed by atoms with Crippen molar-refractivity contribution in [1.82, 2.24) is 0 Å². The van der Waals surface area contributed by atoms with Crippen molar-refractivity contribution < 1.29 is 19.0 Å². The minimum absolute atomic E-state index is 0.219. The van der Waals surface area contributed by atoms with Gasteiger partial charge in [-0.05, 0) is 41.8 Å². The Labute approximate surface area is 124 Å². The van der Waals surface area contributed by atoms with E-state index < -0.39 is 11.9 Å². The maximum absolute atomic E-state index is 13.5. The lowest BCUT2D eigenvalue weighted by Crippen LogP contribution is -1.98. The second-order valence-electron chi connectivity index (χ2n) is 4.75. The highest BCUT2D eigenvalue weighted by Crippen LogP contribution is 2.22. The normalized spacial score (nSPS) is 12.0. The van der Waals surface area contributed by atoms with E-state index in [4.69, 9.17) is 9.47 Å². The Balaban J connectivity index is 1.98. The van der Waals surface area contributed by atoms with Crippen molar-refractivity contribution in [3.8, 4) is 11.5 Å². The van der Waals surface area contributed by atoms with Gasteiger partial charge in [0.05, 0.1) is 13.2 Å². The fourth-order valence-electron chi connectivity index (χ4n) is 1.99. The lowest BCUT2D eigenvalue weighted by molar-refractivity contribution is 0.173. The lowest BCUT2D eigenvalue weighted by Gasteiger charge is -2.10. The second-order valence-corrected chi connectivity index (χ2v) is 4.75. The summed E-state index contributed by atoms with van der Waals surface area (Å²) in [5.41, 5.74) is 1.59. The van der Waals surface area contributed by atoms with Gasteiger partial charge < -0.3 is 14.6 Å². The molecule has 1 atom stereocenters. The number of aliphatic hydroxyl groups excluding tert-OH is 1. The van der Waals surface area contributed by atoms with Crippen LogP contribution in [0.25, 0.3) is 0 Å². The first-order valence-electron chi connectivity index (χ1n) is 6.87. The zero-order valence-electron chi connectivity index (χ0n) is 12.2. The van der Waals surface area contributed by atoms with Crippen LogP contribution in [0.15, 0.2) is 42.5 Å². The monoisotopic (exact) mass is 290 g/mol. The molecule has 0 saturated heterocycles. The predicted octanol–water partition coefficient (Wildman–Crippen LogP) is 3.86. The van der Waals surface area contributed by atoms with E-state index >= 15 is 0 Å². The van der Waals surface area contributed by atoms with Gasteiger partial charge in [0.1, 0.15) is 12.4 Å². The molecule has 0 aliphatic rings. The van der Waals surface area contributed by atoms with Crippen molar-refractivity contribution in [1.29, 1.82) is 0 Å². The van der Waals surface area contributed by atoms with Crippen LogP contribution in [0.4, 0.5) is 4.39 Å². The summed E-state index contributed by atoms with van der Waals surface area (Å²) in [5, 5.41) is 9.71. The van der Waals surface area contributed by atoms with Crippen molar-refractivity contribution >= 4 is 0 Å². The zero-order valence-corrected chi connectivity index (χ0v) is 12.2. The van der Waals surface area contributed by atoms with Crippen molar-refractivity contribution in [2.45, 2.75) is 26.1 Å². The highest BCUT2D eigenvalue weighted by atomic mass is 19.1. The van der Waals surface area contributed by atoms with Crippen LogP contribution in [0.2, 0.25) is 0 Å². The van der Waals surface area contributed by atoms with E-state index in [2.05, 4.69) is 0 Å². The standard InChI is InChI=1S/C17H19FO3/c1-3-16(19)13-5-7-14(8-6-13)21-11-12-4-9-17(20-2)15(18)10-12/h4-10,16,19H,3,11H2,1-2H3/t16-/m0/s1. The topological polar surface area (TPSA) is 38.7 Å². The van der Waals surface area contributed by atoms with Gasteiger partial charge in [-0.25, -0.2) is 4.39 Å². The zero-order chi connectivity index (χ0) is 15.2. The van der Waals surface area contributed by atoms with E-state index in [0.29, 0.717) is 12.2 Å². The number of hydrogen-bond donors (Lipinski definition) is 1. The third-order valence-electron chi connectivity index (χ3n) is 3.27. The molecule has 21 heavy (non-hydrogen) atoms. The Morgan fingerprint density at radius 1 is 1.14 bits per heavy atom. The SMILES string of the molecule is CC[C@H](O)c1ccc(OCc2ccc(OC)c(F)c2)cc1. The van der Waals surface area contributed by atoms with Gasteiger partial charge in [-0.1, -0.05) is 25.1 Å². The van der Waals surface area contributed by atoms with Gasteiger partial charge in [-0.15, -0.1) is 0 Å². The molecule has 112 valence electrons. The highest BCUT2D eigenvalue weighted by Gasteiger charge is 2.06. The van der Waals surface area contributed by atoms with Gasteiger partial charge in [0.15, 0.2) is 11.6 Å². The third-order valence-corrected chi connectivity index (χ3v) is 3.27. The molecule has 0 saturated carbocycles. The largest absolute Gasteiger partial charge is 0.494 e. The van der Waals surface area contributed by atoms with Gasteiger partial charge in [0.2, 0.25) is 0 Å². The van der Waals surface area contributed by atoms with E-state index in [0.717, 1.165) is 11.1 Å². The fraction of sp³-hybridized carbons (Fsp3) is 0.294. The summed E-state index contributed by atoms with van der Waals surface area (Å²) in [5.74, 6) is 0.495. The fourth-order valence-corrected chi connectivity index (χ4v) is 1.99. The van der Waals surface area contributed by atoms with Crippen LogP contribution in [0.1, 0.15) is 30.6 Å². The summed E-state index contributed by atoms with van der Waals surface area (Å²) in [6.07, 6.45) is 0.223. The highest BCUT2D eigenvalue weighted by molar-refractivity contribution is 5.31. The number of hydrogen-bond acceptors (Lipinski definition) is 3. The minimum Gasteiger partial charge on any atom is -0.494 e. The molecule has 4 heteroatoms. The molecular formula is C17H19FO3.